The van der Waals surface area contributed by atoms with E-state index in [1.165, 1.54) is 50.2 Å². The summed E-state index contributed by atoms with van der Waals surface area (Å²) in [5.74, 6) is -1.08. The Hall–Kier alpha value is -4.75. The fourth-order valence-corrected chi connectivity index (χ4v) is 3.86. The van der Waals surface area contributed by atoms with Crippen LogP contribution >= 0.6 is 0 Å². The lowest BCUT2D eigenvalue weighted by Gasteiger charge is -2.22. The minimum Gasteiger partial charge on any atom is -0.478 e. The first-order valence-corrected chi connectivity index (χ1v) is 12.7. The number of rotatable bonds is 11. The fraction of sp³-hybridized carbons (Fsp3) is 0.276. The van der Waals surface area contributed by atoms with E-state index in [1.54, 1.807) is 29.2 Å². The van der Waals surface area contributed by atoms with Gasteiger partial charge in [0.2, 0.25) is 0 Å². The van der Waals surface area contributed by atoms with E-state index in [-0.39, 0.29) is 29.7 Å². The number of aliphatic carboxylic acids is 1. The first kappa shape index (κ1) is 31.2. The van der Waals surface area contributed by atoms with E-state index < -0.39 is 29.7 Å². The first-order valence-electron chi connectivity index (χ1n) is 12.7. The van der Waals surface area contributed by atoms with Crippen molar-refractivity contribution in [1.82, 2.24) is 10.1 Å². The number of halogens is 6. The van der Waals surface area contributed by atoms with Gasteiger partial charge in [0.15, 0.2) is 5.60 Å². The van der Waals surface area contributed by atoms with Crippen LogP contribution in [0.1, 0.15) is 30.5 Å². The van der Waals surface area contributed by atoms with Gasteiger partial charge in [-0.1, -0.05) is 24.3 Å². The Bertz CT molecular complexity index is 1520. The maximum atomic E-state index is 12.9. The zero-order chi connectivity index (χ0) is 31.4. The molecule has 228 valence electrons. The molecule has 0 radical (unpaired) electrons. The molecular formula is C29H25F6N3O5. The molecule has 0 bridgehead atoms. The summed E-state index contributed by atoms with van der Waals surface area (Å²) < 4.78 is 91.2. The van der Waals surface area contributed by atoms with Crippen molar-refractivity contribution in [3.05, 3.63) is 89.5 Å². The number of alkyl halides is 6. The molecule has 1 N–H and O–H groups in total. The Balaban J connectivity index is 1.53. The second-order valence-corrected chi connectivity index (χ2v) is 9.90. The summed E-state index contributed by atoms with van der Waals surface area (Å²) in [6.07, 6.45) is -8.91. The Kier molecular flexibility index (Phi) is 8.88. The number of nitrogens with zero attached hydrogens (tertiary/aromatic N) is 3. The standard InChI is InChI=1S/C29H25F6N3O5/c1-27(2,25(39)40)41-22-11-3-18(4-12-22)15-16-38(17-19-5-13-23(14-6-19)42-29(33,34)35)26-36-24(43-37-26)20-7-9-21(10-8-20)28(30,31)32/h3-14H,15-17H2,1-2H3,(H,39,40). The van der Waals surface area contributed by atoms with Crippen LogP contribution in [0.5, 0.6) is 11.5 Å². The Labute approximate surface area is 241 Å². The third kappa shape index (κ3) is 8.63. The largest absolute Gasteiger partial charge is 0.573 e. The molecule has 0 aliphatic heterocycles. The summed E-state index contributed by atoms with van der Waals surface area (Å²) in [6.45, 7) is 3.29. The van der Waals surface area contributed by atoms with Crippen LogP contribution in [-0.2, 0) is 23.9 Å². The van der Waals surface area contributed by atoms with Gasteiger partial charge in [0.1, 0.15) is 11.5 Å². The van der Waals surface area contributed by atoms with Gasteiger partial charge in [-0.25, -0.2) is 4.79 Å². The predicted molar refractivity (Wildman–Crippen MR) is 141 cm³/mol. The molecule has 0 unspecified atom stereocenters. The van der Waals surface area contributed by atoms with E-state index in [0.29, 0.717) is 24.3 Å². The number of carboxylic acid groups (broad SMARTS) is 1. The van der Waals surface area contributed by atoms with Crippen LogP contribution < -0.4 is 14.4 Å². The highest BCUT2D eigenvalue weighted by Crippen LogP contribution is 2.31. The molecule has 0 aliphatic carbocycles. The molecule has 0 spiro atoms. The number of hydrogen-bond acceptors (Lipinski definition) is 7. The molecule has 3 aromatic carbocycles. The minimum absolute atomic E-state index is 0.0230. The number of ether oxygens (including phenoxy) is 2. The van der Waals surface area contributed by atoms with Crippen LogP contribution in [0.4, 0.5) is 32.3 Å². The van der Waals surface area contributed by atoms with E-state index in [9.17, 15) is 36.2 Å². The average molecular weight is 610 g/mol. The van der Waals surface area contributed by atoms with Gasteiger partial charge in [-0.2, -0.15) is 18.2 Å². The molecule has 0 atom stereocenters. The SMILES string of the molecule is CC(C)(Oc1ccc(CCN(Cc2ccc(OC(F)(F)F)cc2)c2noc(-c3ccc(C(F)(F)F)cc3)n2)cc1)C(=O)O. The number of carbonyl (C=O) groups is 1. The third-order valence-corrected chi connectivity index (χ3v) is 6.17. The molecular weight excluding hydrogens is 584 g/mol. The van der Waals surface area contributed by atoms with E-state index in [4.69, 9.17) is 9.26 Å². The molecule has 8 nitrogen and oxygen atoms in total. The van der Waals surface area contributed by atoms with Gasteiger partial charge in [-0.3, -0.25) is 0 Å². The summed E-state index contributed by atoms with van der Waals surface area (Å²) in [5, 5.41) is 13.2. The van der Waals surface area contributed by atoms with Crippen molar-refractivity contribution in [3.63, 3.8) is 0 Å². The Morgan fingerprint density at radius 3 is 1.93 bits per heavy atom. The lowest BCUT2D eigenvalue weighted by molar-refractivity contribution is -0.274. The van der Waals surface area contributed by atoms with Crippen molar-refractivity contribution in [2.24, 2.45) is 0 Å². The summed E-state index contributed by atoms with van der Waals surface area (Å²) in [4.78, 5) is 17.4. The highest BCUT2D eigenvalue weighted by molar-refractivity contribution is 5.76. The number of benzene rings is 3. The summed E-state index contributed by atoms with van der Waals surface area (Å²) >= 11 is 0. The lowest BCUT2D eigenvalue weighted by atomic mass is 10.1. The molecule has 0 saturated heterocycles. The van der Waals surface area contributed by atoms with Gasteiger partial charge < -0.3 is 24.0 Å². The Morgan fingerprint density at radius 2 is 1.40 bits per heavy atom. The van der Waals surface area contributed by atoms with E-state index in [2.05, 4.69) is 14.9 Å². The third-order valence-electron chi connectivity index (χ3n) is 6.17. The number of anilines is 1. The molecule has 0 amide bonds. The predicted octanol–water partition coefficient (Wildman–Crippen LogP) is 7.15. The van der Waals surface area contributed by atoms with Crippen LogP contribution in [-0.4, -0.2) is 39.7 Å². The van der Waals surface area contributed by atoms with Crippen molar-refractivity contribution in [2.45, 2.75) is 45.0 Å². The molecule has 1 aromatic heterocycles. The summed E-state index contributed by atoms with van der Waals surface area (Å²) in [6, 6.07) is 16.2. The van der Waals surface area contributed by atoms with Crippen LogP contribution in [0.25, 0.3) is 11.5 Å². The highest BCUT2D eigenvalue weighted by atomic mass is 19.4. The molecule has 1 heterocycles. The van der Waals surface area contributed by atoms with Gasteiger partial charge in [0.05, 0.1) is 5.56 Å². The lowest BCUT2D eigenvalue weighted by Crippen LogP contribution is -2.37. The van der Waals surface area contributed by atoms with Gasteiger partial charge in [0.25, 0.3) is 11.8 Å². The maximum absolute atomic E-state index is 12.9. The zero-order valence-electron chi connectivity index (χ0n) is 22.7. The van der Waals surface area contributed by atoms with Crippen LogP contribution in [0.3, 0.4) is 0 Å². The van der Waals surface area contributed by atoms with Crippen LogP contribution in [0.2, 0.25) is 0 Å². The molecule has 0 fully saturated rings. The first-order chi connectivity index (χ1) is 20.1. The van der Waals surface area contributed by atoms with Crippen molar-refractivity contribution in [2.75, 3.05) is 11.4 Å². The van der Waals surface area contributed by atoms with Gasteiger partial charge >= 0.3 is 18.5 Å². The monoisotopic (exact) mass is 609 g/mol. The van der Waals surface area contributed by atoms with Crippen molar-refractivity contribution in [3.8, 4) is 23.0 Å². The molecule has 4 aromatic rings. The van der Waals surface area contributed by atoms with Gasteiger partial charge in [0, 0.05) is 18.7 Å². The second kappa shape index (κ2) is 12.2. The number of carboxylic acids is 1. The van der Waals surface area contributed by atoms with Crippen LogP contribution in [0.15, 0.2) is 77.3 Å². The molecule has 4 rings (SSSR count). The van der Waals surface area contributed by atoms with Crippen LogP contribution in [0, 0.1) is 0 Å². The molecule has 43 heavy (non-hydrogen) atoms. The molecule has 14 heteroatoms. The fourth-order valence-electron chi connectivity index (χ4n) is 3.86. The average Bonchev–Trinajstić information content (AvgIpc) is 3.42. The smallest absolute Gasteiger partial charge is 0.478 e. The van der Waals surface area contributed by atoms with Crippen molar-refractivity contribution in [1.29, 1.82) is 0 Å². The minimum atomic E-state index is -4.84. The van der Waals surface area contributed by atoms with E-state index in [0.717, 1.165) is 17.7 Å². The normalized spacial score (nSPS) is 12.2. The van der Waals surface area contributed by atoms with Crippen molar-refractivity contribution < 1.29 is 50.2 Å². The maximum Gasteiger partial charge on any atom is 0.573 e. The second-order valence-electron chi connectivity index (χ2n) is 9.90. The number of aromatic nitrogens is 2. The zero-order valence-corrected chi connectivity index (χ0v) is 22.7. The summed E-state index contributed by atoms with van der Waals surface area (Å²) in [7, 11) is 0. The number of hydrogen-bond donors (Lipinski definition) is 1. The van der Waals surface area contributed by atoms with Crippen molar-refractivity contribution >= 4 is 11.9 Å². The topological polar surface area (TPSA) is 97.9 Å². The Morgan fingerprint density at radius 1 is 0.837 bits per heavy atom. The molecule has 0 aliphatic rings. The molecule has 0 saturated carbocycles. The quantitative estimate of drug-likeness (QED) is 0.179. The highest BCUT2D eigenvalue weighted by Gasteiger charge is 2.32. The van der Waals surface area contributed by atoms with Gasteiger partial charge in [-0.05, 0) is 85.1 Å². The van der Waals surface area contributed by atoms with E-state index >= 15 is 0 Å². The summed E-state index contributed by atoms with van der Waals surface area (Å²) in [5.41, 5.74) is -0.567. The van der Waals surface area contributed by atoms with E-state index in [1.807, 2.05) is 0 Å². The van der Waals surface area contributed by atoms with Gasteiger partial charge in [-0.15, -0.1) is 13.2 Å².